The molecule has 0 aromatic rings. The van der Waals surface area contributed by atoms with Crippen LogP contribution >= 0.6 is 0 Å². The van der Waals surface area contributed by atoms with Crippen molar-refractivity contribution in [1.82, 2.24) is 46.2 Å². The van der Waals surface area contributed by atoms with Crippen LogP contribution in [-0.2, 0) is 52.7 Å². The van der Waals surface area contributed by atoms with Crippen LogP contribution in [0.2, 0.25) is 0 Å². The number of carbonyl (C=O) groups is 11. The Kier molecular flexibility index (Phi) is 24.2. The normalized spacial score (nSPS) is 16.9. The molecule has 0 saturated carbocycles. The summed E-state index contributed by atoms with van der Waals surface area (Å²) >= 11 is 0. The average Bonchev–Trinajstić information content (AvgIpc) is 3.24. The van der Waals surface area contributed by atoms with E-state index >= 15 is 0 Å². The highest BCUT2D eigenvalue weighted by molar-refractivity contribution is 5.99. The standard InChI is InChI=1S/C41H69N9O13/c1-15-16-17-21(2)33(55)32(37(59)46-31(29(10)53)30(54)18-19-51)50(14)41(63)28(9)49(13)40(62)25(6)45-36(58)27(8)48(12)39(61)24(5)44-34(56)22(3)43-35(57)26(7)47(11)38(60)23(4)42-20-52/h15-16,19-29,31-33,53,55H,17-18H2,1-14H3,(H,42,52)(H,43,57)(H,44,56)(H,45,58)(H,46,59)/b16-15-. The zero-order valence-electron chi connectivity index (χ0n) is 38.8. The number of likely N-dealkylation sites (N-methyl/N-ethyl adjacent to an activating group) is 4. The molecule has 63 heavy (non-hydrogen) atoms. The molecule has 356 valence electrons. The van der Waals surface area contributed by atoms with Gasteiger partial charge in [-0.25, -0.2) is 0 Å². The number of hydrogen-bond acceptors (Lipinski definition) is 13. The summed E-state index contributed by atoms with van der Waals surface area (Å²) in [5.41, 5.74) is 0. The van der Waals surface area contributed by atoms with E-state index in [1.165, 1.54) is 83.6 Å². The molecule has 0 fully saturated rings. The fourth-order valence-electron chi connectivity index (χ4n) is 6.09. The number of hydrogen-bond donors (Lipinski definition) is 7. The Hall–Kier alpha value is -5.77. The van der Waals surface area contributed by atoms with Crippen LogP contribution < -0.4 is 26.6 Å². The first kappa shape index (κ1) is 57.2. The van der Waals surface area contributed by atoms with Crippen LogP contribution in [-0.4, -0.2) is 190 Å². The number of allylic oxidation sites excluding steroid dienone is 2. The minimum absolute atomic E-state index is 0.302. The van der Waals surface area contributed by atoms with Crippen molar-refractivity contribution >= 4 is 65.7 Å². The zero-order valence-corrected chi connectivity index (χ0v) is 38.8. The number of Topliss-reactive ketones (excluding diaryl/α,β-unsaturated/α-hetero) is 1. The van der Waals surface area contributed by atoms with Crippen LogP contribution in [0.1, 0.15) is 82.1 Å². The molecule has 12 atom stereocenters. The number of rotatable bonds is 26. The lowest BCUT2D eigenvalue weighted by Gasteiger charge is -2.37. The van der Waals surface area contributed by atoms with Gasteiger partial charge in [0.25, 0.3) is 0 Å². The number of aldehydes is 1. The Morgan fingerprint density at radius 1 is 0.540 bits per heavy atom. The molecule has 0 aromatic heterocycles. The van der Waals surface area contributed by atoms with Crippen molar-refractivity contribution in [3.05, 3.63) is 12.2 Å². The molecule has 0 rings (SSSR count). The van der Waals surface area contributed by atoms with Crippen LogP contribution in [0.5, 0.6) is 0 Å². The van der Waals surface area contributed by atoms with Gasteiger partial charge < -0.3 is 61.2 Å². The molecule has 7 N–H and O–H groups in total. The molecule has 0 saturated heterocycles. The molecule has 0 spiro atoms. The third-order valence-corrected chi connectivity index (χ3v) is 10.9. The second kappa shape index (κ2) is 26.6. The van der Waals surface area contributed by atoms with Crippen LogP contribution in [0, 0.1) is 5.92 Å². The number of amides is 9. The first-order chi connectivity index (χ1) is 29.1. The topological polar surface area (TPSA) is 301 Å². The molecule has 22 nitrogen and oxygen atoms in total. The Labute approximate surface area is 369 Å². The fraction of sp³-hybridized carbons (Fsp3) is 0.683. The summed E-state index contributed by atoms with van der Waals surface area (Å²) in [6.07, 6.45) is 0.918. The summed E-state index contributed by atoms with van der Waals surface area (Å²) in [5, 5.41) is 33.6. The first-order valence-electron chi connectivity index (χ1n) is 20.6. The van der Waals surface area contributed by atoms with Gasteiger partial charge in [-0.05, 0) is 74.7 Å². The lowest BCUT2D eigenvalue weighted by atomic mass is 9.92. The van der Waals surface area contributed by atoms with Gasteiger partial charge in [0, 0.05) is 28.2 Å². The highest BCUT2D eigenvalue weighted by Crippen LogP contribution is 2.19. The number of carbonyl (C=O) groups excluding carboxylic acids is 11. The first-order valence-corrected chi connectivity index (χ1v) is 20.6. The number of nitrogens with zero attached hydrogens (tertiary/aromatic N) is 4. The summed E-state index contributed by atoms with van der Waals surface area (Å²) in [6, 6.07) is -11.1. The monoisotopic (exact) mass is 896 g/mol. The Balaban J connectivity index is 5.82. The molecular formula is C41H69N9O13. The Morgan fingerprint density at radius 2 is 0.968 bits per heavy atom. The lowest BCUT2D eigenvalue weighted by Crippen LogP contribution is -2.62. The van der Waals surface area contributed by atoms with E-state index in [0.717, 1.165) is 19.6 Å². The van der Waals surface area contributed by atoms with Crippen LogP contribution in [0.3, 0.4) is 0 Å². The van der Waals surface area contributed by atoms with E-state index < -0.39 is 132 Å². The molecule has 0 bridgehead atoms. The van der Waals surface area contributed by atoms with E-state index in [9.17, 15) is 63.0 Å². The molecule has 22 heteroatoms. The molecule has 0 radical (unpaired) electrons. The third-order valence-electron chi connectivity index (χ3n) is 10.9. The van der Waals surface area contributed by atoms with Gasteiger partial charge in [-0.1, -0.05) is 19.1 Å². The van der Waals surface area contributed by atoms with Gasteiger partial charge >= 0.3 is 0 Å². The predicted molar refractivity (Wildman–Crippen MR) is 229 cm³/mol. The van der Waals surface area contributed by atoms with Crippen LogP contribution in [0.25, 0.3) is 0 Å². The SMILES string of the molecule is C/C=C\CC(C)C(O)C(C(=O)NC(C(=O)CC=O)C(C)O)N(C)C(=O)C(C)N(C)C(=O)C(C)NC(=O)C(C)N(C)C(=O)C(C)NC(=O)C(C)NC(=O)C(C)N(C)C(=O)C(C)NC=O. The highest BCUT2D eigenvalue weighted by atomic mass is 16.3. The minimum atomic E-state index is -1.62. The number of nitrogens with one attached hydrogen (secondary N) is 5. The highest BCUT2D eigenvalue weighted by Gasteiger charge is 2.41. The van der Waals surface area contributed by atoms with Gasteiger partial charge in [-0.2, -0.15) is 0 Å². The van der Waals surface area contributed by atoms with Crippen molar-refractivity contribution < 1.29 is 63.0 Å². The number of aliphatic hydroxyl groups excluding tert-OH is 2. The molecule has 0 aliphatic rings. The fourth-order valence-corrected chi connectivity index (χ4v) is 6.09. The Morgan fingerprint density at radius 3 is 1.40 bits per heavy atom. The van der Waals surface area contributed by atoms with Gasteiger partial charge in [0.15, 0.2) is 5.78 Å². The average molecular weight is 896 g/mol. The molecule has 0 aliphatic carbocycles. The van der Waals surface area contributed by atoms with Gasteiger partial charge in [0.1, 0.15) is 60.7 Å². The maximum absolute atomic E-state index is 13.9. The van der Waals surface area contributed by atoms with Crippen molar-refractivity contribution in [2.75, 3.05) is 28.2 Å². The van der Waals surface area contributed by atoms with E-state index in [-0.39, 0.29) is 0 Å². The molecular weight excluding hydrogens is 827 g/mol. The van der Waals surface area contributed by atoms with Gasteiger partial charge in [0.05, 0.1) is 18.6 Å². The van der Waals surface area contributed by atoms with Crippen LogP contribution in [0.15, 0.2) is 12.2 Å². The van der Waals surface area contributed by atoms with E-state index in [2.05, 4.69) is 26.6 Å². The molecule has 12 unspecified atom stereocenters. The third kappa shape index (κ3) is 16.5. The number of ketones is 1. The predicted octanol–water partition coefficient (Wildman–Crippen LogP) is -3.01. The molecule has 0 aliphatic heterocycles. The van der Waals surface area contributed by atoms with Crippen molar-refractivity contribution in [1.29, 1.82) is 0 Å². The van der Waals surface area contributed by atoms with Crippen molar-refractivity contribution in [2.45, 2.75) is 149 Å². The second-order valence-electron chi connectivity index (χ2n) is 15.8. The summed E-state index contributed by atoms with van der Waals surface area (Å²) < 4.78 is 0. The molecule has 0 heterocycles. The van der Waals surface area contributed by atoms with E-state index in [4.69, 9.17) is 0 Å². The largest absolute Gasteiger partial charge is 0.391 e. The summed E-state index contributed by atoms with van der Waals surface area (Å²) in [4.78, 5) is 144. The van der Waals surface area contributed by atoms with Gasteiger partial charge in [0.2, 0.25) is 53.7 Å². The zero-order chi connectivity index (χ0) is 49.2. The molecule has 0 aromatic carbocycles. The quantitative estimate of drug-likeness (QED) is 0.0259. The second-order valence-corrected chi connectivity index (χ2v) is 15.8. The minimum Gasteiger partial charge on any atom is -0.391 e. The summed E-state index contributed by atoms with van der Waals surface area (Å²) in [6.45, 7) is 14.3. The summed E-state index contributed by atoms with van der Waals surface area (Å²) in [7, 11) is 5.16. The molecule has 9 amide bonds. The summed E-state index contributed by atoms with van der Waals surface area (Å²) in [5.74, 6) is -7.39. The smallest absolute Gasteiger partial charge is 0.246 e. The van der Waals surface area contributed by atoms with E-state index in [1.54, 1.807) is 26.0 Å². The van der Waals surface area contributed by atoms with Gasteiger partial charge in [-0.15, -0.1) is 0 Å². The van der Waals surface area contributed by atoms with Crippen LogP contribution in [0.4, 0.5) is 0 Å². The van der Waals surface area contributed by atoms with E-state index in [0.29, 0.717) is 19.1 Å². The maximum Gasteiger partial charge on any atom is 0.246 e. The Bertz CT molecular complexity index is 1690. The number of aliphatic hydroxyl groups is 2. The van der Waals surface area contributed by atoms with Crippen molar-refractivity contribution in [2.24, 2.45) is 5.92 Å². The van der Waals surface area contributed by atoms with Crippen molar-refractivity contribution in [3.63, 3.8) is 0 Å². The van der Waals surface area contributed by atoms with E-state index in [1.807, 2.05) is 0 Å². The maximum atomic E-state index is 13.9. The van der Waals surface area contributed by atoms with Crippen molar-refractivity contribution in [3.8, 4) is 0 Å². The van der Waals surface area contributed by atoms with Gasteiger partial charge in [-0.3, -0.25) is 47.9 Å². The lowest BCUT2D eigenvalue weighted by molar-refractivity contribution is -0.152.